The summed E-state index contributed by atoms with van der Waals surface area (Å²) in [5.74, 6) is 2.33. The Morgan fingerprint density at radius 1 is 1.29 bits per heavy atom. The van der Waals surface area contributed by atoms with Crippen LogP contribution in [0.3, 0.4) is 0 Å². The highest BCUT2D eigenvalue weighted by molar-refractivity contribution is 5.75. The van der Waals surface area contributed by atoms with Crippen LogP contribution >= 0.6 is 0 Å². The van der Waals surface area contributed by atoms with Gasteiger partial charge in [-0.1, -0.05) is 12.1 Å². The van der Waals surface area contributed by atoms with Crippen LogP contribution in [0.25, 0.3) is 11.0 Å². The SMILES string of the molecule is Cn1c(CCNc2cc([C@@H]3CCOC3)ncn2)nc2ccccc21. The van der Waals surface area contributed by atoms with Crippen molar-refractivity contribution in [3.63, 3.8) is 0 Å². The molecular formula is C18H21N5O. The molecule has 0 spiro atoms. The van der Waals surface area contributed by atoms with Crippen LogP contribution in [-0.4, -0.2) is 39.3 Å². The maximum Gasteiger partial charge on any atom is 0.129 e. The predicted molar refractivity (Wildman–Crippen MR) is 93.1 cm³/mol. The number of ether oxygens (including phenoxy) is 1. The van der Waals surface area contributed by atoms with E-state index in [1.165, 1.54) is 0 Å². The van der Waals surface area contributed by atoms with Gasteiger partial charge in [-0.2, -0.15) is 0 Å². The number of imidazole rings is 1. The summed E-state index contributed by atoms with van der Waals surface area (Å²) in [6.07, 6.45) is 3.51. The van der Waals surface area contributed by atoms with Crippen molar-refractivity contribution in [2.45, 2.75) is 18.8 Å². The van der Waals surface area contributed by atoms with Gasteiger partial charge in [0.25, 0.3) is 0 Å². The van der Waals surface area contributed by atoms with E-state index in [0.717, 1.165) is 61.0 Å². The Morgan fingerprint density at radius 2 is 2.21 bits per heavy atom. The number of fused-ring (bicyclic) bond motifs is 1. The number of nitrogens with zero attached hydrogens (tertiary/aromatic N) is 4. The van der Waals surface area contributed by atoms with E-state index in [2.05, 4.69) is 33.0 Å². The molecule has 0 amide bonds. The molecule has 24 heavy (non-hydrogen) atoms. The molecule has 1 aliphatic rings. The van der Waals surface area contributed by atoms with Crippen molar-refractivity contribution < 1.29 is 4.74 Å². The molecule has 0 aliphatic carbocycles. The third kappa shape index (κ3) is 2.97. The molecule has 1 N–H and O–H groups in total. The summed E-state index contributed by atoms with van der Waals surface area (Å²) in [5.41, 5.74) is 3.27. The molecule has 2 aromatic heterocycles. The second-order valence-electron chi connectivity index (χ2n) is 6.14. The smallest absolute Gasteiger partial charge is 0.129 e. The lowest BCUT2D eigenvalue weighted by Gasteiger charge is -2.10. The lowest BCUT2D eigenvalue weighted by molar-refractivity contribution is 0.193. The summed E-state index contributed by atoms with van der Waals surface area (Å²) in [5, 5.41) is 3.38. The molecule has 0 saturated carbocycles. The summed E-state index contributed by atoms with van der Waals surface area (Å²) in [6.45, 7) is 2.37. The van der Waals surface area contributed by atoms with Crippen molar-refractivity contribution in [2.75, 3.05) is 25.1 Å². The van der Waals surface area contributed by atoms with Crippen molar-refractivity contribution in [1.82, 2.24) is 19.5 Å². The van der Waals surface area contributed by atoms with E-state index in [0.29, 0.717) is 5.92 Å². The Bertz CT molecular complexity index is 838. The second kappa shape index (κ2) is 6.57. The molecule has 1 aliphatic heterocycles. The van der Waals surface area contributed by atoms with Crippen LogP contribution in [0.4, 0.5) is 5.82 Å². The van der Waals surface area contributed by atoms with Crippen molar-refractivity contribution in [3.8, 4) is 0 Å². The Hall–Kier alpha value is -2.47. The summed E-state index contributed by atoms with van der Waals surface area (Å²) in [7, 11) is 2.06. The highest BCUT2D eigenvalue weighted by Gasteiger charge is 2.19. The maximum atomic E-state index is 5.44. The van der Waals surface area contributed by atoms with Crippen molar-refractivity contribution >= 4 is 16.9 Å². The maximum absolute atomic E-state index is 5.44. The Labute approximate surface area is 140 Å². The van der Waals surface area contributed by atoms with Gasteiger partial charge < -0.3 is 14.6 Å². The average Bonchev–Trinajstić information content (AvgIpc) is 3.25. The van der Waals surface area contributed by atoms with E-state index < -0.39 is 0 Å². The molecule has 1 saturated heterocycles. The Balaban J connectivity index is 1.41. The van der Waals surface area contributed by atoms with E-state index in [4.69, 9.17) is 9.72 Å². The number of hydrogen-bond acceptors (Lipinski definition) is 5. The molecule has 3 heterocycles. The highest BCUT2D eigenvalue weighted by Crippen LogP contribution is 2.24. The van der Waals surface area contributed by atoms with E-state index >= 15 is 0 Å². The standard InChI is InChI=1S/C18H21N5O/c1-23-16-5-3-2-4-14(16)22-18(23)6-8-19-17-10-15(20-12-21-17)13-7-9-24-11-13/h2-5,10,12-13H,6-9,11H2,1H3,(H,19,20,21)/t13-/m1/s1. The average molecular weight is 323 g/mol. The van der Waals surface area contributed by atoms with Crippen LogP contribution < -0.4 is 5.32 Å². The highest BCUT2D eigenvalue weighted by atomic mass is 16.5. The topological polar surface area (TPSA) is 64.9 Å². The molecule has 6 heteroatoms. The van der Waals surface area contributed by atoms with Gasteiger partial charge in [-0.05, 0) is 18.6 Å². The fourth-order valence-corrected chi connectivity index (χ4v) is 3.18. The molecule has 1 fully saturated rings. The minimum atomic E-state index is 0.397. The molecule has 124 valence electrons. The van der Waals surface area contributed by atoms with Gasteiger partial charge in [0.2, 0.25) is 0 Å². The van der Waals surface area contributed by atoms with E-state index in [1.807, 2.05) is 24.3 Å². The van der Waals surface area contributed by atoms with Gasteiger partial charge >= 0.3 is 0 Å². The number of para-hydroxylation sites is 2. The fraction of sp³-hybridized carbons (Fsp3) is 0.389. The quantitative estimate of drug-likeness (QED) is 0.781. The number of rotatable bonds is 5. The number of aromatic nitrogens is 4. The summed E-state index contributed by atoms with van der Waals surface area (Å²) < 4.78 is 7.59. The first-order valence-electron chi connectivity index (χ1n) is 8.35. The third-order valence-corrected chi connectivity index (χ3v) is 4.57. The van der Waals surface area contributed by atoms with Crippen LogP contribution in [0, 0.1) is 0 Å². The van der Waals surface area contributed by atoms with Crippen LogP contribution in [0.2, 0.25) is 0 Å². The number of benzene rings is 1. The third-order valence-electron chi connectivity index (χ3n) is 4.57. The van der Waals surface area contributed by atoms with Crippen molar-refractivity contribution in [3.05, 3.63) is 48.2 Å². The first kappa shape index (κ1) is 15.1. The van der Waals surface area contributed by atoms with Crippen LogP contribution in [0.5, 0.6) is 0 Å². The van der Waals surface area contributed by atoms with Gasteiger partial charge in [-0.25, -0.2) is 15.0 Å². The molecule has 0 unspecified atom stereocenters. The minimum absolute atomic E-state index is 0.397. The van der Waals surface area contributed by atoms with Crippen molar-refractivity contribution in [1.29, 1.82) is 0 Å². The largest absolute Gasteiger partial charge is 0.381 e. The summed E-state index contributed by atoms with van der Waals surface area (Å²) >= 11 is 0. The van der Waals surface area contributed by atoms with E-state index in [9.17, 15) is 0 Å². The number of anilines is 1. The fourth-order valence-electron chi connectivity index (χ4n) is 3.18. The zero-order valence-corrected chi connectivity index (χ0v) is 13.8. The lowest BCUT2D eigenvalue weighted by Crippen LogP contribution is -2.11. The predicted octanol–water partition coefficient (Wildman–Crippen LogP) is 2.52. The molecule has 6 nitrogen and oxygen atoms in total. The van der Waals surface area contributed by atoms with E-state index in [-0.39, 0.29) is 0 Å². The lowest BCUT2D eigenvalue weighted by atomic mass is 10.1. The zero-order valence-electron chi connectivity index (χ0n) is 13.8. The number of nitrogens with one attached hydrogen (secondary N) is 1. The van der Waals surface area contributed by atoms with Gasteiger partial charge in [-0.3, -0.25) is 0 Å². The number of aryl methyl sites for hydroxylation is 1. The minimum Gasteiger partial charge on any atom is -0.381 e. The van der Waals surface area contributed by atoms with Gasteiger partial charge in [0, 0.05) is 38.6 Å². The summed E-state index contributed by atoms with van der Waals surface area (Å²) in [6, 6.07) is 10.2. The van der Waals surface area contributed by atoms with Gasteiger partial charge in [0.1, 0.15) is 18.0 Å². The molecular weight excluding hydrogens is 302 g/mol. The summed E-state index contributed by atoms with van der Waals surface area (Å²) in [4.78, 5) is 13.4. The Kier molecular flexibility index (Phi) is 4.13. The zero-order chi connectivity index (χ0) is 16.4. The molecule has 1 atom stereocenters. The molecule has 0 radical (unpaired) electrons. The van der Waals surface area contributed by atoms with Crippen LogP contribution in [-0.2, 0) is 18.2 Å². The van der Waals surface area contributed by atoms with Crippen LogP contribution in [0.1, 0.15) is 23.9 Å². The second-order valence-corrected chi connectivity index (χ2v) is 6.14. The monoisotopic (exact) mass is 323 g/mol. The molecule has 4 rings (SSSR count). The number of hydrogen-bond donors (Lipinski definition) is 1. The molecule has 0 bridgehead atoms. The molecule has 1 aromatic carbocycles. The van der Waals surface area contributed by atoms with Crippen LogP contribution in [0.15, 0.2) is 36.7 Å². The van der Waals surface area contributed by atoms with E-state index in [1.54, 1.807) is 6.33 Å². The van der Waals surface area contributed by atoms with Gasteiger partial charge in [0.05, 0.1) is 23.3 Å². The van der Waals surface area contributed by atoms with Crippen molar-refractivity contribution in [2.24, 2.45) is 7.05 Å². The van der Waals surface area contributed by atoms with Gasteiger partial charge in [-0.15, -0.1) is 0 Å². The molecule has 3 aromatic rings. The first-order chi connectivity index (χ1) is 11.8. The Morgan fingerprint density at radius 3 is 3.04 bits per heavy atom. The van der Waals surface area contributed by atoms with Gasteiger partial charge in [0.15, 0.2) is 0 Å². The normalized spacial score (nSPS) is 17.5. The first-order valence-corrected chi connectivity index (χ1v) is 8.35.